The molecule has 0 aromatic heterocycles. The minimum atomic E-state index is -0.363. The van der Waals surface area contributed by atoms with Gasteiger partial charge in [-0.15, -0.1) is 0 Å². The Morgan fingerprint density at radius 3 is 2.67 bits per heavy atom. The molecule has 0 heterocycles. The van der Waals surface area contributed by atoms with Crippen LogP contribution in [0.1, 0.15) is 5.56 Å². The predicted molar refractivity (Wildman–Crippen MR) is 47.2 cm³/mol. The van der Waals surface area contributed by atoms with Gasteiger partial charge in [0.05, 0.1) is 12.1 Å². The zero-order valence-electron chi connectivity index (χ0n) is 6.58. The van der Waals surface area contributed by atoms with E-state index in [4.69, 9.17) is 11.6 Å². The zero-order valence-corrected chi connectivity index (χ0v) is 6.58. The summed E-state index contributed by atoms with van der Waals surface area (Å²) in [5.41, 5.74) is 9.08. The summed E-state index contributed by atoms with van der Waals surface area (Å²) in [7, 11) is 0. The van der Waals surface area contributed by atoms with Crippen LogP contribution >= 0.6 is 0 Å². The second-order valence-corrected chi connectivity index (χ2v) is 2.44. The van der Waals surface area contributed by atoms with E-state index in [1.807, 2.05) is 12.1 Å². The van der Waals surface area contributed by atoms with E-state index < -0.39 is 0 Å². The average molecular weight is 165 g/mol. The van der Waals surface area contributed by atoms with Crippen LogP contribution in [-0.4, -0.2) is 5.91 Å². The number of hydrogen-bond donors (Lipinski definition) is 3. The first-order valence-electron chi connectivity index (χ1n) is 3.57. The molecule has 4 nitrogen and oxygen atoms in total. The van der Waals surface area contributed by atoms with Crippen LogP contribution < -0.4 is 17.0 Å². The molecule has 5 N–H and O–H groups in total. The van der Waals surface area contributed by atoms with Crippen LogP contribution in [0.3, 0.4) is 0 Å². The van der Waals surface area contributed by atoms with Gasteiger partial charge in [-0.05, 0) is 11.6 Å². The summed E-state index contributed by atoms with van der Waals surface area (Å²) in [5.74, 6) is 4.86. The van der Waals surface area contributed by atoms with Crippen molar-refractivity contribution in [2.75, 3.05) is 5.43 Å². The number of anilines is 1. The number of nitrogens with one attached hydrogen (secondary N) is 1. The maximum atomic E-state index is 10.6. The van der Waals surface area contributed by atoms with E-state index in [9.17, 15) is 4.79 Å². The van der Waals surface area contributed by atoms with Crippen molar-refractivity contribution in [1.29, 1.82) is 0 Å². The summed E-state index contributed by atoms with van der Waals surface area (Å²) in [6.07, 6.45) is 0.209. The maximum absolute atomic E-state index is 10.6. The number of hydrogen-bond acceptors (Lipinski definition) is 3. The van der Waals surface area contributed by atoms with Crippen molar-refractivity contribution in [3.8, 4) is 0 Å². The number of nitrogen functional groups attached to an aromatic ring is 1. The quantitative estimate of drug-likeness (QED) is 0.435. The third-order valence-electron chi connectivity index (χ3n) is 1.54. The van der Waals surface area contributed by atoms with Crippen LogP contribution in [0.25, 0.3) is 0 Å². The number of carbonyl (C=O) groups excluding carboxylic acids is 1. The van der Waals surface area contributed by atoms with Crippen molar-refractivity contribution in [3.05, 3.63) is 29.8 Å². The molecule has 0 saturated carbocycles. The molecule has 0 radical (unpaired) electrons. The van der Waals surface area contributed by atoms with E-state index in [0.717, 1.165) is 11.3 Å². The van der Waals surface area contributed by atoms with Crippen LogP contribution in [0, 0.1) is 0 Å². The number of benzene rings is 1. The number of para-hydroxylation sites is 1. The third kappa shape index (κ3) is 1.96. The lowest BCUT2D eigenvalue weighted by molar-refractivity contribution is -0.117. The smallest absolute Gasteiger partial charge is 0.221 e. The number of hydrazine groups is 1. The Bertz CT molecular complexity index is 285. The summed E-state index contributed by atoms with van der Waals surface area (Å²) in [6, 6.07) is 7.26. The van der Waals surface area contributed by atoms with Crippen molar-refractivity contribution in [3.63, 3.8) is 0 Å². The van der Waals surface area contributed by atoms with E-state index in [0.29, 0.717) is 0 Å². The van der Waals surface area contributed by atoms with Gasteiger partial charge in [-0.25, -0.2) is 0 Å². The second kappa shape index (κ2) is 3.73. The monoisotopic (exact) mass is 165 g/mol. The number of nitrogens with two attached hydrogens (primary N) is 2. The van der Waals surface area contributed by atoms with Crippen LogP contribution in [0.5, 0.6) is 0 Å². The van der Waals surface area contributed by atoms with Gasteiger partial charge in [-0.2, -0.15) is 0 Å². The molecule has 0 fully saturated rings. The largest absolute Gasteiger partial charge is 0.369 e. The maximum Gasteiger partial charge on any atom is 0.221 e. The van der Waals surface area contributed by atoms with Gasteiger partial charge in [0.1, 0.15) is 0 Å². The van der Waals surface area contributed by atoms with Crippen LogP contribution in [0.4, 0.5) is 5.69 Å². The van der Waals surface area contributed by atoms with Crippen molar-refractivity contribution in [2.24, 2.45) is 11.6 Å². The number of rotatable bonds is 3. The van der Waals surface area contributed by atoms with E-state index in [2.05, 4.69) is 5.43 Å². The highest BCUT2D eigenvalue weighted by Crippen LogP contribution is 2.13. The Morgan fingerprint density at radius 2 is 2.08 bits per heavy atom. The van der Waals surface area contributed by atoms with Crippen molar-refractivity contribution >= 4 is 11.6 Å². The van der Waals surface area contributed by atoms with Gasteiger partial charge in [-0.3, -0.25) is 10.6 Å². The molecule has 0 aliphatic heterocycles. The highest BCUT2D eigenvalue weighted by atomic mass is 16.1. The highest BCUT2D eigenvalue weighted by Gasteiger charge is 2.02. The number of amides is 1. The fourth-order valence-electron chi connectivity index (χ4n) is 1.00. The minimum Gasteiger partial charge on any atom is -0.369 e. The first kappa shape index (κ1) is 8.55. The predicted octanol–water partition coefficient (Wildman–Crippen LogP) is 0.000000000000000111. The van der Waals surface area contributed by atoms with Crippen LogP contribution in [-0.2, 0) is 11.2 Å². The average Bonchev–Trinajstić information content (AvgIpc) is 2.04. The summed E-state index contributed by atoms with van der Waals surface area (Å²) in [4.78, 5) is 10.6. The zero-order chi connectivity index (χ0) is 8.97. The summed E-state index contributed by atoms with van der Waals surface area (Å²) >= 11 is 0. The molecule has 0 saturated heterocycles. The Hall–Kier alpha value is -1.55. The van der Waals surface area contributed by atoms with Crippen LogP contribution in [0.2, 0.25) is 0 Å². The lowest BCUT2D eigenvalue weighted by Gasteiger charge is -2.05. The van der Waals surface area contributed by atoms with Gasteiger partial charge in [-0.1, -0.05) is 18.2 Å². The molecular weight excluding hydrogens is 154 g/mol. The molecule has 1 amide bonds. The Balaban J connectivity index is 2.89. The molecule has 1 rings (SSSR count). The minimum absolute atomic E-state index is 0.209. The third-order valence-corrected chi connectivity index (χ3v) is 1.54. The van der Waals surface area contributed by atoms with Crippen molar-refractivity contribution in [2.45, 2.75) is 6.42 Å². The molecular formula is C8H11N3O. The number of primary amides is 1. The highest BCUT2D eigenvalue weighted by molar-refractivity contribution is 5.78. The topological polar surface area (TPSA) is 81.1 Å². The SMILES string of the molecule is NNc1ccccc1CC(N)=O. The molecule has 0 bridgehead atoms. The molecule has 12 heavy (non-hydrogen) atoms. The molecule has 0 aliphatic rings. The van der Waals surface area contributed by atoms with Gasteiger partial charge >= 0.3 is 0 Å². The van der Waals surface area contributed by atoms with Gasteiger partial charge in [0, 0.05) is 0 Å². The Morgan fingerprint density at radius 1 is 1.42 bits per heavy atom. The second-order valence-electron chi connectivity index (χ2n) is 2.44. The van der Waals surface area contributed by atoms with E-state index in [-0.39, 0.29) is 12.3 Å². The van der Waals surface area contributed by atoms with E-state index in [1.165, 1.54) is 0 Å². The fraction of sp³-hybridized carbons (Fsp3) is 0.125. The molecule has 0 spiro atoms. The van der Waals surface area contributed by atoms with E-state index in [1.54, 1.807) is 12.1 Å². The first-order valence-corrected chi connectivity index (χ1v) is 3.57. The molecule has 0 aliphatic carbocycles. The lowest BCUT2D eigenvalue weighted by atomic mass is 10.1. The lowest BCUT2D eigenvalue weighted by Crippen LogP contribution is -2.16. The van der Waals surface area contributed by atoms with Gasteiger partial charge in [0.15, 0.2) is 0 Å². The molecule has 0 atom stereocenters. The molecule has 1 aromatic carbocycles. The first-order chi connectivity index (χ1) is 5.74. The standard InChI is InChI=1S/C8H11N3O/c9-8(12)5-6-3-1-2-4-7(6)11-10/h1-4,11H,5,10H2,(H2,9,12). The summed E-state index contributed by atoms with van der Waals surface area (Å²) in [5, 5.41) is 0. The van der Waals surface area contributed by atoms with Gasteiger partial charge in [0.2, 0.25) is 5.91 Å². The molecule has 64 valence electrons. The Labute approximate surface area is 70.5 Å². The number of carbonyl (C=O) groups is 1. The van der Waals surface area contributed by atoms with Crippen molar-refractivity contribution in [1.82, 2.24) is 0 Å². The normalized spacial score (nSPS) is 9.42. The summed E-state index contributed by atoms with van der Waals surface area (Å²) in [6.45, 7) is 0. The van der Waals surface area contributed by atoms with Gasteiger partial charge < -0.3 is 11.2 Å². The summed E-state index contributed by atoms with van der Waals surface area (Å²) < 4.78 is 0. The van der Waals surface area contributed by atoms with Gasteiger partial charge in [0.25, 0.3) is 0 Å². The van der Waals surface area contributed by atoms with Crippen molar-refractivity contribution < 1.29 is 4.79 Å². The molecule has 4 heteroatoms. The van der Waals surface area contributed by atoms with E-state index >= 15 is 0 Å². The fourth-order valence-corrected chi connectivity index (χ4v) is 1.00. The Kier molecular flexibility index (Phi) is 2.66. The molecule has 1 aromatic rings. The molecule has 0 unspecified atom stereocenters. The van der Waals surface area contributed by atoms with Crippen LogP contribution in [0.15, 0.2) is 24.3 Å².